The molecule has 2 aromatic carbocycles. The van der Waals surface area contributed by atoms with Gasteiger partial charge in [-0.1, -0.05) is 30.3 Å². The van der Waals surface area contributed by atoms with Gasteiger partial charge in [0.15, 0.2) is 0 Å². The lowest BCUT2D eigenvalue weighted by Gasteiger charge is -2.12. The fourth-order valence-corrected chi connectivity index (χ4v) is 4.41. The number of oxazole rings is 1. The van der Waals surface area contributed by atoms with E-state index < -0.39 is 12.0 Å². The highest BCUT2D eigenvalue weighted by Crippen LogP contribution is 2.33. The lowest BCUT2D eigenvalue weighted by Crippen LogP contribution is -2.33. The van der Waals surface area contributed by atoms with Gasteiger partial charge in [0.05, 0.1) is 17.7 Å². The van der Waals surface area contributed by atoms with Gasteiger partial charge in [0.1, 0.15) is 17.6 Å². The standard InChI is InChI=1S/C22H22N2O4S/c1-14-18(23-20(28-14)15-5-3-2-4-6-15)11-12-27-17-9-7-16(8-10-17)21-24-19(13-29-21)22(25)26/h2-10,19,21,24H,11-13H2,1H3,(H,25,26)/t19?,21-/m1/s1. The van der Waals surface area contributed by atoms with Gasteiger partial charge >= 0.3 is 5.97 Å². The van der Waals surface area contributed by atoms with Crippen LogP contribution < -0.4 is 10.1 Å². The highest BCUT2D eigenvalue weighted by atomic mass is 32.2. The zero-order valence-corrected chi connectivity index (χ0v) is 16.8. The molecule has 2 atom stereocenters. The third kappa shape index (κ3) is 4.63. The molecule has 1 unspecified atom stereocenters. The number of benzene rings is 2. The average molecular weight is 410 g/mol. The maximum atomic E-state index is 11.1. The molecule has 1 saturated heterocycles. The van der Waals surface area contributed by atoms with Crippen LogP contribution in [0.1, 0.15) is 22.4 Å². The Morgan fingerprint density at radius 2 is 2.00 bits per heavy atom. The van der Waals surface area contributed by atoms with Gasteiger partial charge in [0.2, 0.25) is 5.89 Å². The molecule has 0 amide bonds. The molecule has 0 spiro atoms. The van der Waals surface area contributed by atoms with Crippen LogP contribution in [0.3, 0.4) is 0 Å². The summed E-state index contributed by atoms with van der Waals surface area (Å²) in [6.07, 6.45) is 0.657. The van der Waals surface area contributed by atoms with Crippen molar-refractivity contribution in [3.63, 3.8) is 0 Å². The molecular formula is C22H22N2O4S. The van der Waals surface area contributed by atoms with E-state index in [2.05, 4.69) is 10.3 Å². The largest absolute Gasteiger partial charge is 0.493 e. The van der Waals surface area contributed by atoms with Gasteiger partial charge in [-0.15, -0.1) is 11.8 Å². The van der Waals surface area contributed by atoms with Crippen LogP contribution >= 0.6 is 11.8 Å². The van der Waals surface area contributed by atoms with E-state index in [4.69, 9.17) is 14.3 Å². The summed E-state index contributed by atoms with van der Waals surface area (Å²) in [6, 6.07) is 17.1. The Balaban J connectivity index is 1.31. The van der Waals surface area contributed by atoms with E-state index in [1.54, 1.807) is 11.8 Å². The highest BCUT2D eigenvalue weighted by Gasteiger charge is 2.30. The van der Waals surface area contributed by atoms with Crippen LogP contribution in [-0.4, -0.2) is 34.5 Å². The summed E-state index contributed by atoms with van der Waals surface area (Å²) in [5, 5.41) is 12.2. The number of aliphatic carboxylic acids is 1. The number of rotatable bonds is 7. The molecule has 29 heavy (non-hydrogen) atoms. The van der Waals surface area contributed by atoms with Gasteiger partial charge in [-0.3, -0.25) is 10.1 Å². The number of carboxylic acid groups (broad SMARTS) is 1. The van der Waals surface area contributed by atoms with Crippen molar-refractivity contribution in [2.24, 2.45) is 0 Å². The number of nitrogens with one attached hydrogen (secondary N) is 1. The molecule has 0 saturated carbocycles. The first-order valence-corrected chi connectivity index (χ1v) is 10.5. The second kappa shape index (κ2) is 8.71. The topological polar surface area (TPSA) is 84.6 Å². The van der Waals surface area contributed by atoms with Crippen LogP contribution in [-0.2, 0) is 11.2 Å². The Labute approximate surface area is 173 Å². The van der Waals surface area contributed by atoms with Crippen LogP contribution in [0.25, 0.3) is 11.5 Å². The van der Waals surface area contributed by atoms with Crippen molar-refractivity contribution in [2.75, 3.05) is 12.4 Å². The molecule has 7 heteroatoms. The van der Waals surface area contributed by atoms with E-state index in [1.807, 2.05) is 61.5 Å². The van der Waals surface area contributed by atoms with Crippen molar-refractivity contribution >= 4 is 17.7 Å². The number of hydrogen-bond acceptors (Lipinski definition) is 6. The van der Waals surface area contributed by atoms with E-state index in [0.717, 1.165) is 28.3 Å². The first-order valence-electron chi connectivity index (χ1n) is 9.45. The molecule has 0 aliphatic carbocycles. The van der Waals surface area contributed by atoms with Gasteiger partial charge in [-0.2, -0.15) is 0 Å². The Hall–Kier alpha value is -2.77. The molecule has 1 aliphatic heterocycles. The molecule has 0 radical (unpaired) electrons. The van der Waals surface area contributed by atoms with E-state index >= 15 is 0 Å². The summed E-state index contributed by atoms with van der Waals surface area (Å²) in [7, 11) is 0. The SMILES string of the molecule is Cc1oc(-c2ccccc2)nc1CCOc1ccc([C@@H]2NC(C(=O)O)CS2)cc1. The summed E-state index contributed by atoms with van der Waals surface area (Å²) in [6.45, 7) is 2.42. The van der Waals surface area contributed by atoms with E-state index in [-0.39, 0.29) is 5.37 Å². The maximum Gasteiger partial charge on any atom is 0.321 e. The second-order valence-corrected chi connectivity index (χ2v) is 7.96. The minimum atomic E-state index is -0.807. The number of carboxylic acids is 1. The van der Waals surface area contributed by atoms with Gasteiger partial charge in [-0.25, -0.2) is 4.98 Å². The fourth-order valence-electron chi connectivity index (χ4n) is 3.18. The minimum absolute atomic E-state index is 0.000613. The summed E-state index contributed by atoms with van der Waals surface area (Å²) >= 11 is 1.60. The van der Waals surface area contributed by atoms with E-state index in [9.17, 15) is 4.79 Å². The van der Waals surface area contributed by atoms with Gasteiger partial charge < -0.3 is 14.3 Å². The smallest absolute Gasteiger partial charge is 0.321 e. The number of carbonyl (C=O) groups is 1. The predicted molar refractivity (Wildman–Crippen MR) is 112 cm³/mol. The maximum absolute atomic E-state index is 11.1. The van der Waals surface area contributed by atoms with Gasteiger partial charge in [-0.05, 0) is 36.8 Å². The van der Waals surface area contributed by atoms with Crippen molar-refractivity contribution in [1.82, 2.24) is 10.3 Å². The fraction of sp³-hybridized carbons (Fsp3) is 0.273. The highest BCUT2D eigenvalue weighted by molar-refractivity contribution is 7.99. The second-order valence-electron chi connectivity index (χ2n) is 6.83. The lowest BCUT2D eigenvalue weighted by atomic mass is 10.2. The summed E-state index contributed by atoms with van der Waals surface area (Å²) in [4.78, 5) is 15.7. The summed E-state index contributed by atoms with van der Waals surface area (Å²) in [5.41, 5.74) is 2.90. The normalized spacial score (nSPS) is 18.7. The Bertz CT molecular complexity index is 972. The number of aromatic nitrogens is 1. The van der Waals surface area contributed by atoms with Crippen molar-refractivity contribution in [3.8, 4) is 17.2 Å². The monoisotopic (exact) mass is 410 g/mol. The molecule has 4 rings (SSSR count). The Morgan fingerprint density at radius 3 is 2.69 bits per heavy atom. The summed E-state index contributed by atoms with van der Waals surface area (Å²) in [5.74, 6) is 1.97. The zero-order chi connectivity index (χ0) is 20.2. The van der Waals surface area contributed by atoms with Crippen molar-refractivity contribution in [3.05, 3.63) is 71.6 Å². The first-order chi connectivity index (χ1) is 14.1. The van der Waals surface area contributed by atoms with E-state index in [0.29, 0.717) is 24.7 Å². The van der Waals surface area contributed by atoms with Gasteiger partial charge in [0, 0.05) is 17.7 Å². The third-order valence-electron chi connectivity index (χ3n) is 4.78. The number of ether oxygens (including phenoxy) is 1. The third-order valence-corrected chi connectivity index (χ3v) is 6.05. The van der Waals surface area contributed by atoms with Crippen LogP contribution in [0.15, 0.2) is 59.0 Å². The van der Waals surface area contributed by atoms with Crippen LogP contribution in [0.5, 0.6) is 5.75 Å². The van der Waals surface area contributed by atoms with Crippen molar-refractivity contribution in [2.45, 2.75) is 24.8 Å². The molecule has 1 fully saturated rings. The zero-order valence-electron chi connectivity index (χ0n) is 16.0. The predicted octanol–water partition coefficient (Wildman–Crippen LogP) is 4.06. The molecule has 1 aromatic heterocycles. The molecule has 3 aromatic rings. The molecule has 2 N–H and O–H groups in total. The lowest BCUT2D eigenvalue weighted by molar-refractivity contribution is -0.138. The van der Waals surface area contributed by atoms with E-state index in [1.165, 1.54) is 0 Å². The Morgan fingerprint density at radius 1 is 1.24 bits per heavy atom. The Kier molecular flexibility index (Phi) is 5.87. The molecular weight excluding hydrogens is 388 g/mol. The molecule has 6 nitrogen and oxygen atoms in total. The van der Waals surface area contributed by atoms with Crippen molar-refractivity contribution in [1.29, 1.82) is 0 Å². The quantitative estimate of drug-likeness (QED) is 0.608. The van der Waals surface area contributed by atoms with Crippen molar-refractivity contribution < 1.29 is 19.1 Å². The van der Waals surface area contributed by atoms with Crippen LogP contribution in [0, 0.1) is 6.92 Å². The van der Waals surface area contributed by atoms with Crippen LogP contribution in [0.4, 0.5) is 0 Å². The average Bonchev–Trinajstić information content (AvgIpc) is 3.37. The van der Waals surface area contributed by atoms with Gasteiger partial charge in [0.25, 0.3) is 0 Å². The molecule has 1 aliphatic rings. The molecule has 150 valence electrons. The molecule has 0 bridgehead atoms. The number of aryl methyl sites for hydroxylation is 1. The number of thioether (sulfide) groups is 1. The number of nitrogens with zero attached hydrogens (tertiary/aromatic N) is 1. The molecule has 2 heterocycles. The number of hydrogen-bond donors (Lipinski definition) is 2. The summed E-state index contributed by atoms with van der Waals surface area (Å²) < 4.78 is 11.6. The minimum Gasteiger partial charge on any atom is -0.493 e. The van der Waals surface area contributed by atoms with Crippen LogP contribution in [0.2, 0.25) is 0 Å². The first kappa shape index (κ1) is 19.5.